The highest BCUT2D eigenvalue weighted by Crippen LogP contribution is 2.27. The van der Waals surface area contributed by atoms with E-state index in [2.05, 4.69) is 15.4 Å². The average molecular weight is 364 g/mol. The first kappa shape index (κ1) is 19.5. The van der Waals surface area contributed by atoms with Gasteiger partial charge in [-0.15, -0.1) is 0 Å². The third-order valence-corrected chi connectivity index (χ3v) is 4.35. The Hall–Kier alpha value is -1.85. The largest absolute Gasteiger partial charge is 0.361 e. The molecule has 1 aromatic heterocycles. The maximum Gasteiger partial charge on any atom is 0.256 e. The van der Waals surface area contributed by atoms with Crippen molar-refractivity contribution in [2.45, 2.75) is 39.2 Å². The minimum absolute atomic E-state index is 0.0147. The number of halogens is 1. The van der Waals surface area contributed by atoms with Crippen molar-refractivity contribution in [2.24, 2.45) is 0 Å². The molecule has 1 aromatic carbocycles. The van der Waals surface area contributed by atoms with Gasteiger partial charge in [0, 0.05) is 17.0 Å². The van der Waals surface area contributed by atoms with E-state index in [0.29, 0.717) is 28.6 Å². The van der Waals surface area contributed by atoms with Crippen molar-refractivity contribution in [3.8, 4) is 0 Å². The minimum Gasteiger partial charge on any atom is -0.361 e. The molecule has 136 valence electrons. The van der Waals surface area contributed by atoms with Crippen molar-refractivity contribution in [3.63, 3.8) is 0 Å². The molecule has 2 rings (SSSR count). The van der Waals surface area contributed by atoms with E-state index in [0.717, 1.165) is 5.56 Å². The molecule has 0 aliphatic heterocycles. The SMILES string of the molecule is Cc1onc(C(C)(C)C)c1C(=O)NCC(c1cccc(Cl)c1)N(C)C. The molecule has 1 N–H and O–H groups in total. The predicted molar refractivity (Wildman–Crippen MR) is 100 cm³/mol. The van der Waals surface area contributed by atoms with Crippen molar-refractivity contribution in [1.82, 2.24) is 15.4 Å². The van der Waals surface area contributed by atoms with Gasteiger partial charge < -0.3 is 14.7 Å². The van der Waals surface area contributed by atoms with Gasteiger partial charge >= 0.3 is 0 Å². The summed E-state index contributed by atoms with van der Waals surface area (Å²) in [7, 11) is 3.95. The fourth-order valence-corrected chi connectivity index (χ4v) is 2.94. The number of likely N-dealkylation sites (N-methyl/N-ethyl adjacent to an activating group) is 1. The molecule has 1 unspecified atom stereocenters. The normalized spacial score (nSPS) is 13.1. The fourth-order valence-electron chi connectivity index (χ4n) is 2.74. The molecular formula is C19H26ClN3O2. The Labute approximate surface area is 154 Å². The van der Waals surface area contributed by atoms with Crippen LogP contribution >= 0.6 is 11.6 Å². The average Bonchev–Trinajstić information content (AvgIpc) is 2.89. The molecule has 0 saturated carbocycles. The van der Waals surface area contributed by atoms with Crippen LogP contribution in [0.4, 0.5) is 0 Å². The van der Waals surface area contributed by atoms with Gasteiger partial charge in [-0.05, 0) is 38.7 Å². The van der Waals surface area contributed by atoms with E-state index < -0.39 is 0 Å². The van der Waals surface area contributed by atoms with E-state index in [-0.39, 0.29) is 17.4 Å². The molecular weight excluding hydrogens is 338 g/mol. The second kappa shape index (κ2) is 7.58. The van der Waals surface area contributed by atoms with Crippen LogP contribution in [0.3, 0.4) is 0 Å². The summed E-state index contributed by atoms with van der Waals surface area (Å²) in [6, 6.07) is 7.70. The van der Waals surface area contributed by atoms with E-state index in [1.54, 1.807) is 6.92 Å². The van der Waals surface area contributed by atoms with Gasteiger partial charge in [0.1, 0.15) is 17.0 Å². The molecule has 1 amide bonds. The van der Waals surface area contributed by atoms with E-state index >= 15 is 0 Å². The summed E-state index contributed by atoms with van der Waals surface area (Å²) in [5, 5.41) is 7.77. The number of hydrogen-bond acceptors (Lipinski definition) is 4. The molecule has 0 radical (unpaired) electrons. The van der Waals surface area contributed by atoms with Crippen molar-refractivity contribution in [2.75, 3.05) is 20.6 Å². The van der Waals surface area contributed by atoms with Crippen molar-refractivity contribution < 1.29 is 9.32 Å². The Balaban J connectivity index is 2.19. The molecule has 0 aliphatic rings. The van der Waals surface area contributed by atoms with E-state index in [4.69, 9.17) is 16.1 Å². The first-order valence-electron chi connectivity index (χ1n) is 8.28. The van der Waals surface area contributed by atoms with Gasteiger partial charge in [-0.3, -0.25) is 4.79 Å². The van der Waals surface area contributed by atoms with Crippen LogP contribution in [-0.4, -0.2) is 36.6 Å². The first-order chi connectivity index (χ1) is 11.6. The number of amides is 1. The summed E-state index contributed by atoms with van der Waals surface area (Å²) in [4.78, 5) is 14.8. The molecule has 0 spiro atoms. The van der Waals surface area contributed by atoms with Gasteiger partial charge in [0.05, 0.1) is 6.04 Å². The van der Waals surface area contributed by atoms with Crippen LogP contribution < -0.4 is 5.32 Å². The Morgan fingerprint density at radius 3 is 2.60 bits per heavy atom. The van der Waals surface area contributed by atoms with Gasteiger partial charge in [0.15, 0.2) is 0 Å². The van der Waals surface area contributed by atoms with Crippen LogP contribution in [0.5, 0.6) is 0 Å². The Morgan fingerprint density at radius 2 is 2.04 bits per heavy atom. The number of aryl methyl sites for hydroxylation is 1. The molecule has 0 bridgehead atoms. The molecule has 6 heteroatoms. The third kappa shape index (κ3) is 4.61. The molecule has 0 aliphatic carbocycles. The van der Waals surface area contributed by atoms with Crippen molar-refractivity contribution in [3.05, 3.63) is 51.9 Å². The van der Waals surface area contributed by atoms with E-state index in [9.17, 15) is 4.79 Å². The lowest BCUT2D eigenvalue weighted by molar-refractivity contribution is 0.0938. The van der Waals surface area contributed by atoms with Crippen LogP contribution in [0.25, 0.3) is 0 Å². The Morgan fingerprint density at radius 1 is 1.36 bits per heavy atom. The number of nitrogens with one attached hydrogen (secondary N) is 1. The van der Waals surface area contributed by atoms with Crippen LogP contribution in [-0.2, 0) is 5.41 Å². The summed E-state index contributed by atoms with van der Waals surface area (Å²) in [6.07, 6.45) is 0. The molecule has 1 atom stereocenters. The summed E-state index contributed by atoms with van der Waals surface area (Å²) >= 11 is 6.10. The van der Waals surface area contributed by atoms with Gasteiger partial charge in [0.25, 0.3) is 5.91 Å². The lowest BCUT2D eigenvalue weighted by Crippen LogP contribution is -2.35. The molecule has 5 nitrogen and oxygen atoms in total. The van der Waals surface area contributed by atoms with E-state index in [1.807, 2.05) is 59.1 Å². The highest BCUT2D eigenvalue weighted by molar-refractivity contribution is 6.30. The standard InChI is InChI=1S/C19H26ClN3O2/c1-12-16(17(22-25-12)19(2,3)4)18(24)21-11-15(23(5)6)13-8-7-9-14(20)10-13/h7-10,15H,11H2,1-6H3,(H,21,24). The molecule has 2 aromatic rings. The summed E-state index contributed by atoms with van der Waals surface area (Å²) < 4.78 is 5.26. The van der Waals surface area contributed by atoms with E-state index in [1.165, 1.54) is 0 Å². The zero-order valence-electron chi connectivity index (χ0n) is 15.7. The van der Waals surface area contributed by atoms with Crippen LogP contribution in [0.2, 0.25) is 5.02 Å². The highest BCUT2D eigenvalue weighted by atomic mass is 35.5. The smallest absolute Gasteiger partial charge is 0.256 e. The quantitative estimate of drug-likeness (QED) is 0.873. The maximum absolute atomic E-state index is 12.8. The Kier molecular flexibility index (Phi) is 5.91. The molecule has 25 heavy (non-hydrogen) atoms. The maximum atomic E-state index is 12.8. The van der Waals surface area contributed by atoms with Crippen molar-refractivity contribution >= 4 is 17.5 Å². The topological polar surface area (TPSA) is 58.4 Å². The monoisotopic (exact) mass is 363 g/mol. The zero-order valence-corrected chi connectivity index (χ0v) is 16.4. The Bertz CT molecular complexity index is 747. The van der Waals surface area contributed by atoms with Gasteiger partial charge in [-0.2, -0.15) is 0 Å². The number of aromatic nitrogens is 1. The number of carbonyl (C=O) groups is 1. The molecule has 0 fully saturated rings. The summed E-state index contributed by atoms with van der Waals surface area (Å²) in [5.41, 5.74) is 1.98. The third-order valence-electron chi connectivity index (χ3n) is 4.11. The second-order valence-electron chi connectivity index (χ2n) is 7.46. The number of carbonyl (C=O) groups excluding carboxylic acids is 1. The molecule has 1 heterocycles. The number of benzene rings is 1. The summed E-state index contributed by atoms with van der Waals surface area (Å²) in [6.45, 7) is 8.25. The first-order valence-corrected chi connectivity index (χ1v) is 8.66. The van der Waals surface area contributed by atoms with Crippen LogP contribution in [0.15, 0.2) is 28.8 Å². The van der Waals surface area contributed by atoms with Crippen molar-refractivity contribution in [1.29, 1.82) is 0 Å². The van der Waals surface area contributed by atoms with Gasteiger partial charge in [0.2, 0.25) is 0 Å². The lowest BCUT2D eigenvalue weighted by atomic mass is 9.88. The number of hydrogen-bond donors (Lipinski definition) is 1. The number of nitrogens with zero attached hydrogens (tertiary/aromatic N) is 2. The van der Waals surface area contributed by atoms with Crippen LogP contribution in [0, 0.1) is 6.92 Å². The zero-order chi connectivity index (χ0) is 18.8. The lowest BCUT2D eigenvalue weighted by Gasteiger charge is -2.25. The predicted octanol–water partition coefficient (Wildman–Crippen LogP) is 3.97. The summed E-state index contributed by atoms with van der Waals surface area (Å²) in [5.74, 6) is 0.365. The van der Waals surface area contributed by atoms with Crippen LogP contribution in [0.1, 0.15) is 54.2 Å². The van der Waals surface area contributed by atoms with Gasteiger partial charge in [-0.25, -0.2) is 0 Å². The minimum atomic E-state index is -0.266. The van der Waals surface area contributed by atoms with Gasteiger partial charge in [-0.1, -0.05) is 49.7 Å². The highest BCUT2D eigenvalue weighted by Gasteiger charge is 2.29. The molecule has 0 saturated heterocycles. The fraction of sp³-hybridized carbons (Fsp3) is 0.474. The number of rotatable bonds is 5. The second-order valence-corrected chi connectivity index (χ2v) is 7.89.